The van der Waals surface area contributed by atoms with E-state index < -0.39 is 17.2 Å². The summed E-state index contributed by atoms with van der Waals surface area (Å²) >= 11 is 0. The van der Waals surface area contributed by atoms with E-state index in [-0.39, 0.29) is 143 Å². The molecule has 6 nitrogen and oxygen atoms in total. The van der Waals surface area contributed by atoms with Gasteiger partial charge in [-0.05, 0) is 61.2 Å². The summed E-state index contributed by atoms with van der Waals surface area (Å²) in [5, 5.41) is 29.4. The Bertz CT molecular complexity index is 779. The molecule has 4 unspecified atom stereocenters. The smallest absolute Gasteiger partial charge is 0.0932 e. The molecule has 4 rings (SSSR count). The van der Waals surface area contributed by atoms with Crippen molar-refractivity contribution >= 4 is 11.8 Å². The number of allylic oxidation sites excluding steroid dienone is 1. The first-order chi connectivity index (χ1) is 14.8. The summed E-state index contributed by atoms with van der Waals surface area (Å²) in [6.07, 6.45) is 4.26. The van der Waals surface area contributed by atoms with E-state index in [4.69, 9.17) is 0 Å². The van der Waals surface area contributed by atoms with Crippen LogP contribution in [-0.2, 0) is 117 Å². The summed E-state index contributed by atoms with van der Waals surface area (Å²) < 4.78 is 0. The second-order valence-corrected chi connectivity index (χ2v) is 11.0. The van der Waals surface area contributed by atoms with E-state index in [1.807, 2.05) is 27.7 Å². The van der Waals surface area contributed by atoms with Crippen LogP contribution in [0.4, 0.5) is 0 Å². The van der Waals surface area contributed by atoms with E-state index in [1.54, 1.807) is 0 Å². The molecule has 2 aliphatic heterocycles. The Morgan fingerprint density at radius 3 is 1.67 bits per heavy atom. The van der Waals surface area contributed by atoms with E-state index in [0.717, 1.165) is 6.42 Å². The van der Waals surface area contributed by atoms with Gasteiger partial charge in [0.15, 0.2) is 0 Å². The van der Waals surface area contributed by atoms with Gasteiger partial charge in [-0.15, -0.1) is 0 Å². The number of β-lactam (4-membered cyclic amide) rings is 2. The topological polar surface area (TPSA) is 103 Å². The van der Waals surface area contributed by atoms with Gasteiger partial charge in [0.05, 0.1) is 23.5 Å². The first-order valence-corrected chi connectivity index (χ1v) is 12.4. The maximum absolute atomic E-state index is 11.2. The van der Waals surface area contributed by atoms with Gasteiger partial charge >= 0.3 is 0 Å². The zero-order valence-electron chi connectivity index (χ0n) is 23.0. The van der Waals surface area contributed by atoms with Crippen LogP contribution in [0.15, 0.2) is 11.6 Å². The average Bonchev–Trinajstić information content (AvgIpc) is 2.72. The van der Waals surface area contributed by atoms with Crippen molar-refractivity contribution in [2.24, 2.45) is 35.5 Å². The summed E-state index contributed by atoms with van der Waals surface area (Å²) in [4.78, 5) is 22.3. The largest absolute Gasteiger partial charge is 0.647 e. The molecular formula is C26H42N2O4W2Y2-2. The SMILES string of the molecule is CCC1=CC(C)C2(CC(=O)[N-]2)[C@H](C)[C@@H]1C.CC[C@]1(O)[C@@H](O)C(C)C2(CC(=O)[N-]2)[C@H](C)[C@@H]1C.[W].[W].[Y].[Y]. The van der Waals surface area contributed by atoms with Crippen LogP contribution in [0.3, 0.4) is 0 Å². The summed E-state index contributed by atoms with van der Waals surface area (Å²) in [6.45, 7) is 16.7. The molecule has 0 bridgehead atoms. The fourth-order valence-corrected chi connectivity index (χ4v) is 6.99. The molecule has 2 saturated heterocycles. The second-order valence-electron chi connectivity index (χ2n) is 11.0. The number of carbonyl (C=O) groups excluding carboxylic acids is 2. The third kappa shape index (κ3) is 6.47. The van der Waals surface area contributed by atoms with Crippen LogP contribution in [0.1, 0.15) is 81.1 Å². The third-order valence-electron chi connectivity index (χ3n) is 9.99. The van der Waals surface area contributed by atoms with Gasteiger partial charge in [0.2, 0.25) is 0 Å². The molecule has 10 heteroatoms. The van der Waals surface area contributed by atoms with Gasteiger partial charge in [0.1, 0.15) is 0 Å². The molecule has 200 valence electrons. The van der Waals surface area contributed by atoms with E-state index in [0.29, 0.717) is 37.0 Å². The summed E-state index contributed by atoms with van der Waals surface area (Å²) in [7, 11) is 0. The monoisotopic (exact) mass is 992 g/mol. The molecule has 2 spiro atoms. The van der Waals surface area contributed by atoms with Gasteiger partial charge in [-0.2, -0.15) is 0 Å². The maximum atomic E-state index is 11.2. The Morgan fingerprint density at radius 2 is 1.28 bits per heavy atom. The molecular weight excluding hydrogens is 950 g/mol. The van der Waals surface area contributed by atoms with Crippen molar-refractivity contribution in [2.75, 3.05) is 0 Å². The number of aliphatic hydroxyl groups excluding tert-OH is 1. The van der Waals surface area contributed by atoms with Crippen molar-refractivity contribution in [1.29, 1.82) is 0 Å². The molecule has 0 aromatic carbocycles. The second kappa shape index (κ2) is 14.9. The van der Waals surface area contributed by atoms with Crippen molar-refractivity contribution < 1.29 is 127 Å². The fraction of sp³-hybridized carbons (Fsp3) is 0.846. The number of amides is 2. The van der Waals surface area contributed by atoms with Crippen molar-refractivity contribution in [1.82, 2.24) is 0 Å². The zero-order chi connectivity index (χ0) is 24.2. The van der Waals surface area contributed by atoms with Crippen molar-refractivity contribution in [3.8, 4) is 0 Å². The van der Waals surface area contributed by atoms with E-state index in [2.05, 4.69) is 44.4 Å². The standard InChI is InChI=1S/C13H23NO3.C13H21NO.2W.2Y/c1-5-13(17)8(3)7(2)12(6-10(15)14-12)9(4)11(13)16;1-5-11-6-8(2)13(7-12(15)14-13)10(4)9(11)3;;;;/h7-9,11,16-17H,5-6H2,1-4H3,(H,14,15);6,8-10H,5,7H2,1-4H3,(H,14,15);;;;/p-2/t7-,8+,9?,11+,12?,13-;8?,9-,10+,13?;;;;/m10..../s1. The van der Waals surface area contributed by atoms with Crippen LogP contribution < -0.4 is 0 Å². The first kappa shape index (κ1) is 40.3. The van der Waals surface area contributed by atoms with Crippen LogP contribution in [-0.4, -0.2) is 44.8 Å². The minimum Gasteiger partial charge on any atom is -0.647 e. The quantitative estimate of drug-likeness (QED) is 0.309. The predicted molar refractivity (Wildman–Crippen MR) is 126 cm³/mol. The fourth-order valence-electron chi connectivity index (χ4n) is 6.99. The molecule has 4 aliphatic rings. The van der Waals surface area contributed by atoms with Gasteiger partial charge in [-0.25, -0.2) is 0 Å². The molecule has 0 aromatic rings. The number of hydrogen-bond donors (Lipinski definition) is 2. The van der Waals surface area contributed by atoms with Crippen LogP contribution in [0.5, 0.6) is 0 Å². The summed E-state index contributed by atoms with van der Waals surface area (Å²) in [6, 6.07) is 0. The van der Waals surface area contributed by atoms with Gasteiger partial charge < -0.3 is 30.4 Å². The molecule has 2 radical (unpaired) electrons. The molecule has 2 aliphatic carbocycles. The Labute approximate surface area is 297 Å². The van der Waals surface area contributed by atoms with E-state index in [9.17, 15) is 19.8 Å². The Morgan fingerprint density at radius 1 is 0.833 bits per heavy atom. The van der Waals surface area contributed by atoms with E-state index >= 15 is 0 Å². The molecule has 36 heavy (non-hydrogen) atoms. The summed E-state index contributed by atoms with van der Waals surface area (Å²) in [5.74, 6) is 1.40. The maximum Gasteiger partial charge on any atom is 0.0932 e. The minimum atomic E-state index is -1.06. The van der Waals surface area contributed by atoms with Crippen molar-refractivity contribution in [2.45, 2.75) is 104 Å². The third-order valence-corrected chi connectivity index (χ3v) is 9.99. The first-order valence-electron chi connectivity index (χ1n) is 12.4. The molecule has 1 saturated carbocycles. The number of carbonyl (C=O) groups is 2. The van der Waals surface area contributed by atoms with Crippen molar-refractivity contribution in [3.63, 3.8) is 0 Å². The van der Waals surface area contributed by atoms with Gasteiger partial charge in [0.25, 0.3) is 0 Å². The van der Waals surface area contributed by atoms with Crippen LogP contribution in [0.2, 0.25) is 0 Å². The Balaban J connectivity index is 0. The zero-order valence-corrected chi connectivity index (χ0v) is 34.6. The molecule has 10 atom stereocenters. The molecule has 3 fully saturated rings. The van der Waals surface area contributed by atoms with Crippen LogP contribution in [0.25, 0.3) is 10.6 Å². The predicted octanol–water partition coefficient (Wildman–Crippen LogP) is 4.73. The molecule has 2 amide bonds. The number of rotatable bonds is 2. The Kier molecular flexibility index (Phi) is 16.7. The molecule has 2 N–H and O–H groups in total. The van der Waals surface area contributed by atoms with E-state index in [1.165, 1.54) is 5.57 Å². The normalized spacial score (nSPS) is 44.3. The van der Waals surface area contributed by atoms with Gasteiger partial charge in [-0.1, -0.05) is 78.1 Å². The van der Waals surface area contributed by atoms with Crippen molar-refractivity contribution in [3.05, 3.63) is 22.3 Å². The molecule has 0 aromatic heterocycles. The number of aliphatic hydroxyl groups is 2. The van der Waals surface area contributed by atoms with Gasteiger partial charge in [-0.3, -0.25) is 0 Å². The summed E-state index contributed by atoms with van der Waals surface area (Å²) in [5.41, 5.74) is -0.0276. The van der Waals surface area contributed by atoms with Gasteiger partial charge in [0, 0.05) is 108 Å². The van der Waals surface area contributed by atoms with Crippen LogP contribution >= 0.6 is 0 Å². The van der Waals surface area contributed by atoms with Crippen LogP contribution in [0, 0.1) is 35.5 Å². The molecule has 2 heterocycles. The number of nitrogens with zero attached hydrogens (tertiary/aromatic N) is 2. The average molecular weight is 992 g/mol. The number of hydrogen-bond acceptors (Lipinski definition) is 4. The Hall–Kier alpha value is 2.18. The minimum absolute atomic E-state index is 0.